The van der Waals surface area contributed by atoms with Gasteiger partial charge in [0.2, 0.25) is 0 Å². The van der Waals surface area contributed by atoms with Gasteiger partial charge in [0.25, 0.3) is 0 Å². The fraction of sp³-hybridized carbons (Fsp3) is 0.109. The highest BCUT2D eigenvalue weighted by Crippen LogP contribution is 2.40. The lowest BCUT2D eigenvalue weighted by atomic mass is 9.96. The monoisotopic (exact) mass is 968 g/mol. The maximum absolute atomic E-state index is 15.1. The first kappa shape index (κ1) is 48.5. The molecule has 0 aliphatic heterocycles. The zero-order valence-corrected chi connectivity index (χ0v) is 37.8. The van der Waals surface area contributed by atoms with Crippen molar-refractivity contribution in [3.8, 4) is 11.5 Å². The third-order valence-electron chi connectivity index (χ3n) is 9.22. The average molecular weight is 972 g/mol. The van der Waals surface area contributed by atoms with Crippen molar-refractivity contribution in [3.05, 3.63) is 185 Å². The van der Waals surface area contributed by atoms with Crippen molar-refractivity contribution in [2.75, 3.05) is 11.1 Å². The van der Waals surface area contributed by atoms with Gasteiger partial charge in [0.05, 0.1) is 21.1 Å². The van der Waals surface area contributed by atoms with Crippen molar-refractivity contribution in [2.24, 2.45) is 0 Å². The Morgan fingerprint density at radius 2 is 1.21 bits per heavy atom. The molecule has 0 spiro atoms. The van der Waals surface area contributed by atoms with E-state index in [0.29, 0.717) is 83.1 Å². The lowest BCUT2D eigenvalue weighted by molar-refractivity contribution is 0.112. The van der Waals surface area contributed by atoms with E-state index in [1.165, 1.54) is 18.5 Å². The van der Waals surface area contributed by atoms with Gasteiger partial charge < -0.3 is 21.3 Å². The van der Waals surface area contributed by atoms with Gasteiger partial charge in [0.1, 0.15) is 22.5 Å². The second kappa shape index (κ2) is 22.7. The molecule has 0 fully saturated rings. The summed E-state index contributed by atoms with van der Waals surface area (Å²) in [6.45, 7) is 3.62. The number of fused-ring (bicyclic) bond motifs is 2. The minimum Gasteiger partial charge on any atom is -0.506 e. The Hall–Kier alpha value is -5.53. The van der Waals surface area contributed by atoms with Crippen molar-refractivity contribution in [2.45, 2.75) is 32.7 Å². The number of nitrogens with one attached hydrogen (secondary N) is 1. The molecule has 8 aromatic rings. The fourth-order valence-electron chi connectivity index (χ4n) is 6.03. The summed E-state index contributed by atoms with van der Waals surface area (Å²) in [5.74, 6) is -0.942. The van der Waals surface area contributed by atoms with Crippen LogP contribution in [0.5, 0.6) is 11.5 Å². The first-order chi connectivity index (χ1) is 30.2. The van der Waals surface area contributed by atoms with E-state index < -0.39 is 17.7 Å². The number of nitrogens with zero attached hydrogens (tertiary/aromatic N) is 4. The number of nitrogens with two attached hydrogens (primary N) is 1. The van der Waals surface area contributed by atoms with Crippen molar-refractivity contribution < 1.29 is 23.8 Å². The molecule has 1 atom stereocenters. The van der Waals surface area contributed by atoms with Gasteiger partial charge in [-0.05, 0) is 66.9 Å². The van der Waals surface area contributed by atoms with Crippen molar-refractivity contribution in [3.63, 3.8) is 0 Å². The molecule has 4 heterocycles. The molecule has 0 aliphatic rings. The number of halogens is 8. The van der Waals surface area contributed by atoms with E-state index in [4.69, 9.17) is 75.3 Å². The van der Waals surface area contributed by atoms with Crippen LogP contribution in [-0.2, 0) is 12.8 Å². The number of pyridine rings is 4. The number of anilines is 2. The number of hydrogen-bond acceptors (Lipinski definition) is 9. The number of nitrogen functional groups attached to an aromatic ring is 1. The number of rotatable bonds is 7. The number of aromatic nitrogens is 4. The van der Waals surface area contributed by atoms with Gasteiger partial charge in [-0.15, -0.1) is 0 Å². The number of hydrogen-bond donors (Lipinski definition) is 4. The molecule has 4 aromatic carbocycles. The SMILES string of the molecule is CCc1c(Cl)cnc(N)c1F.CCc1c(Cl)cnc(NC(c2ccc(Cl)cc2Cl)c2ccc3cccnc3c2O)c1F.O=Cc1ccc(Cl)cc1Cl.Oc1cccc2cccnc12. The van der Waals surface area contributed by atoms with Crippen molar-refractivity contribution in [1.82, 2.24) is 19.9 Å². The highest BCUT2D eigenvalue weighted by molar-refractivity contribution is 6.36. The van der Waals surface area contributed by atoms with E-state index in [1.54, 1.807) is 67.0 Å². The third kappa shape index (κ3) is 12.1. The van der Waals surface area contributed by atoms with Crippen LogP contribution in [0.3, 0.4) is 0 Å². The minimum atomic E-state index is -0.732. The molecule has 0 saturated heterocycles. The molecule has 63 heavy (non-hydrogen) atoms. The van der Waals surface area contributed by atoms with E-state index >= 15 is 4.39 Å². The van der Waals surface area contributed by atoms with Crippen LogP contribution in [0, 0.1) is 11.6 Å². The first-order valence-electron chi connectivity index (χ1n) is 18.8. The fourth-order valence-corrected chi connectivity index (χ4v) is 7.53. The molecule has 5 N–H and O–H groups in total. The highest BCUT2D eigenvalue weighted by Gasteiger charge is 2.25. The summed E-state index contributed by atoms with van der Waals surface area (Å²) in [5.41, 5.74) is 8.61. The highest BCUT2D eigenvalue weighted by atomic mass is 35.5. The van der Waals surface area contributed by atoms with Gasteiger partial charge in [-0.25, -0.2) is 18.7 Å². The van der Waals surface area contributed by atoms with E-state index in [-0.39, 0.29) is 28.2 Å². The molecule has 0 bridgehead atoms. The number of carbonyl (C=O) groups excluding carboxylic acids is 1. The summed E-state index contributed by atoms with van der Waals surface area (Å²) in [5, 5.41) is 27.5. The van der Waals surface area contributed by atoms with Gasteiger partial charge in [-0.1, -0.05) is 126 Å². The Morgan fingerprint density at radius 1 is 0.651 bits per heavy atom. The van der Waals surface area contributed by atoms with Crippen LogP contribution in [0.2, 0.25) is 30.1 Å². The number of aldehydes is 1. The van der Waals surface area contributed by atoms with Crippen LogP contribution in [0.4, 0.5) is 20.4 Å². The summed E-state index contributed by atoms with van der Waals surface area (Å²) in [6.07, 6.45) is 7.64. The quantitative estimate of drug-likeness (QED) is 0.115. The van der Waals surface area contributed by atoms with Crippen LogP contribution >= 0.6 is 69.6 Å². The predicted molar refractivity (Wildman–Crippen MR) is 252 cm³/mol. The normalized spacial score (nSPS) is 11.0. The van der Waals surface area contributed by atoms with Gasteiger partial charge >= 0.3 is 0 Å². The Morgan fingerprint density at radius 3 is 1.79 bits per heavy atom. The number of aromatic hydroxyl groups is 2. The zero-order chi connectivity index (χ0) is 45.8. The molecule has 1 unspecified atom stereocenters. The maximum atomic E-state index is 15.1. The Balaban J connectivity index is 0.000000189. The lowest BCUT2D eigenvalue weighted by Gasteiger charge is -2.23. The molecule has 4 aromatic heterocycles. The molecule has 9 nitrogen and oxygen atoms in total. The number of benzene rings is 4. The van der Waals surface area contributed by atoms with E-state index in [9.17, 15) is 19.4 Å². The molecule has 8 rings (SSSR count). The predicted octanol–water partition coefficient (Wildman–Crippen LogP) is 14.0. The van der Waals surface area contributed by atoms with Crippen LogP contribution in [-0.4, -0.2) is 36.4 Å². The van der Waals surface area contributed by atoms with E-state index in [1.807, 2.05) is 44.2 Å². The standard InChI is InChI=1S/C23H17Cl3FN3O.C9H7NO.C7H4Cl2O.C7H8ClFN2/c1-2-14-18(26)11-29-23(19(14)27)30-21(15-8-6-13(24)10-17(15)25)16-7-5-12-4-3-9-28-20(12)22(16)31;11-8-5-1-3-7-4-2-6-10-9(7)8;8-6-2-1-5(4-10)7(9)3-6;1-2-4-5(8)3-11-7(10)6(4)9/h3-11,21,31H,2H2,1H3,(H,29,30);1-6,11H;1-4H;3H,2H2,1H3,(H2,10,11). The number of phenols is 2. The van der Waals surface area contributed by atoms with Crippen molar-refractivity contribution in [1.29, 1.82) is 0 Å². The van der Waals surface area contributed by atoms with Crippen LogP contribution in [0.1, 0.15) is 52.5 Å². The zero-order valence-electron chi connectivity index (χ0n) is 33.2. The topological polar surface area (TPSA) is 147 Å². The molecule has 0 amide bonds. The summed E-state index contributed by atoms with van der Waals surface area (Å²) in [7, 11) is 0. The van der Waals surface area contributed by atoms with Gasteiger partial charge in [-0.2, -0.15) is 0 Å². The Labute approximate surface area is 391 Å². The largest absolute Gasteiger partial charge is 0.506 e. The molecule has 17 heteroatoms. The minimum absolute atomic E-state index is 0.00205. The van der Waals surface area contributed by atoms with E-state index in [2.05, 4.69) is 25.3 Å². The second-order valence-corrected chi connectivity index (χ2v) is 15.7. The lowest BCUT2D eigenvalue weighted by Crippen LogP contribution is -2.16. The summed E-state index contributed by atoms with van der Waals surface area (Å²) in [6, 6.07) is 25.3. The molecule has 0 radical (unpaired) electrons. The van der Waals surface area contributed by atoms with Crippen LogP contribution in [0.25, 0.3) is 21.8 Å². The smallest absolute Gasteiger partial charge is 0.170 e. The van der Waals surface area contributed by atoms with Crippen molar-refractivity contribution >= 4 is 109 Å². The summed E-state index contributed by atoms with van der Waals surface area (Å²) < 4.78 is 28.1. The first-order valence-corrected chi connectivity index (χ1v) is 21.1. The number of para-hydroxylation sites is 1. The molecular weight excluding hydrogens is 935 g/mol. The molecular formula is C46H36Cl6F2N6O3. The second-order valence-electron chi connectivity index (χ2n) is 13.2. The Kier molecular flexibility index (Phi) is 17.5. The summed E-state index contributed by atoms with van der Waals surface area (Å²) in [4.78, 5) is 26.2. The van der Waals surface area contributed by atoms with E-state index in [0.717, 1.165) is 10.8 Å². The van der Waals surface area contributed by atoms with Gasteiger partial charge in [0, 0.05) is 72.9 Å². The molecule has 324 valence electrons. The van der Waals surface area contributed by atoms with Crippen LogP contribution < -0.4 is 11.1 Å². The Bertz CT molecular complexity index is 2890. The summed E-state index contributed by atoms with van der Waals surface area (Å²) >= 11 is 35.5. The third-order valence-corrected chi connectivity index (χ3v) is 11.0. The molecule has 0 saturated carbocycles. The average Bonchev–Trinajstić information content (AvgIpc) is 3.27. The molecule has 0 aliphatic carbocycles. The maximum Gasteiger partial charge on any atom is 0.170 e. The number of phenolic OH excluding ortho intramolecular Hbond substituents is 2. The number of carbonyl (C=O) groups is 1. The van der Waals surface area contributed by atoms with Crippen LogP contribution in [0.15, 0.2) is 116 Å². The van der Waals surface area contributed by atoms with Gasteiger partial charge in [0.15, 0.2) is 29.6 Å². The van der Waals surface area contributed by atoms with Gasteiger partial charge in [-0.3, -0.25) is 14.8 Å².